The van der Waals surface area contributed by atoms with Crippen molar-refractivity contribution in [1.29, 1.82) is 0 Å². The van der Waals surface area contributed by atoms with Crippen LogP contribution in [0.5, 0.6) is 0 Å². The van der Waals surface area contributed by atoms with Gasteiger partial charge < -0.3 is 15.0 Å². The lowest BCUT2D eigenvalue weighted by molar-refractivity contribution is 0.0661. The number of nitrogens with one attached hydrogen (secondary N) is 1. The molecule has 1 aliphatic heterocycles. The van der Waals surface area contributed by atoms with Crippen LogP contribution in [0.4, 0.5) is 10.6 Å². The average Bonchev–Trinajstić information content (AvgIpc) is 3.22. The Bertz CT molecular complexity index is 1230. The molecule has 0 radical (unpaired) electrons. The van der Waals surface area contributed by atoms with Crippen molar-refractivity contribution in [2.24, 2.45) is 5.92 Å². The predicted octanol–water partition coefficient (Wildman–Crippen LogP) is 4.43. The molecule has 33 heavy (non-hydrogen) atoms. The van der Waals surface area contributed by atoms with Crippen LogP contribution in [0.3, 0.4) is 0 Å². The first-order valence-corrected chi connectivity index (χ1v) is 13.7. The minimum absolute atomic E-state index is 0.106. The normalized spacial score (nSPS) is 15.2. The number of aromatic nitrogens is 2. The zero-order valence-electron chi connectivity index (χ0n) is 18.9. The molecule has 1 amide bonds. The fourth-order valence-electron chi connectivity index (χ4n) is 3.90. The van der Waals surface area contributed by atoms with Crippen molar-refractivity contribution >= 4 is 43.3 Å². The molecule has 0 spiro atoms. The number of likely N-dealkylation sites (tertiary alicyclic amines) is 1. The molecule has 0 atom stereocenters. The Morgan fingerprint density at radius 1 is 1.21 bits per heavy atom. The minimum Gasteiger partial charge on any atom is -0.447 e. The molecule has 0 unspecified atom stereocenters. The fourth-order valence-corrected chi connectivity index (χ4v) is 5.52. The smallest absolute Gasteiger partial charge is 0.410 e. The lowest BCUT2D eigenvalue weighted by atomic mass is 9.97. The van der Waals surface area contributed by atoms with E-state index >= 15 is 0 Å². The molecule has 0 aliphatic carbocycles. The maximum atomic E-state index is 12.1. The van der Waals surface area contributed by atoms with Gasteiger partial charge in [0.05, 0.1) is 21.2 Å². The summed E-state index contributed by atoms with van der Waals surface area (Å²) < 4.78 is 29.7. The fraction of sp³-hybridized carbons (Fsp3) is 0.435. The van der Waals surface area contributed by atoms with E-state index in [9.17, 15) is 13.2 Å². The Morgan fingerprint density at radius 2 is 1.91 bits per heavy atom. The summed E-state index contributed by atoms with van der Waals surface area (Å²) in [7, 11) is -3.23. The van der Waals surface area contributed by atoms with Crippen LogP contribution < -0.4 is 5.32 Å². The van der Waals surface area contributed by atoms with Crippen LogP contribution in [-0.4, -0.2) is 61.4 Å². The van der Waals surface area contributed by atoms with Crippen molar-refractivity contribution in [2.75, 3.05) is 31.2 Å². The molecular formula is C23H28N4O4S2. The van der Waals surface area contributed by atoms with E-state index in [2.05, 4.69) is 15.3 Å². The molecule has 3 heterocycles. The van der Waals surface area contributed by atoms with Crippen molar-refractivity contribution in [1.82, 2.24) is 14.9 Å². The van der Waals surface area contributed by atoms with Crippen LogP contribution in [0, 0.1) is 5.92 Å². The number of hydrogen-bond donors (Lipinski definition) is 1. The summed E-state index contributed by atoms with van der Waals surface area (Å²) >= 11 is 1.57. The highest BCUT2D eigenvalue weighted by molar-refractivity contribution is 7.90. The molecule has 3 aromatic rings. The Hall–Kier alpha value is -2.72. The number of sulfone groups is 1. The largest absolute Gasteiger partial charge is 0.447 e. The van der Waals surface area contributed by atoms with E-state index < -0.39 is 9.84 Å². The zero-order chi connectivity index (χ0) is 23.6. The van der Waals surface area contributed by atoms with Crippen molar-refractivity contribution in [3.05, 3.63) is 36.0 Å². The first kappa shape index (κ1) is 23.4. The number of thiophene rings is 1. The molecule has 1 N–H and O–H groups in total. The molecule has 0 saturated carbocycles. The number of carbonyl (C=O) groups excluding carboxylic acids is 1. The van der Waals surface area contributed by atoms with Crippen LogP contribution in [0.25, 0.3) is 21.3 Å². The lowest BCUT2D eigenvalue weighted by Gasteiger charge is -2.31. The summed E-state index contributed by atoms with van der Waals surface area (Å²) in [6, 6.07) is 6.87. The number of anilines is 1. The van der Waals surface area contributed by atoms with Gasteiger partial charge in [0.1, 0.15) is 12.1 Å². The molecule has 8 nitrogen and oxygen atoms in total. The Kier molecular flexibility index (Phi) is 6.85. The average molecular weight is 489 g/mol. The maximum absolute atomic E-state index is 12.1. The topological polar surface area (TPSA) is 101 Å². The summed E-state index contributed by atoms with van der Waals surface area (Å²) in [4.78, 5) is 23.1. The van der Waals surface area contributed by atoms with Gasteiger partial charge in [-0.15, -0.1) is 11.3 Å². The second kappa shape index (κ2) is 9.64. The second-order valence-electron chi connectivity index (χ2n) is 8.59. The number of carbonyl (C=O) groups is 1. The van der Waals surface area contributed by atoms with E-state index in [1.165, 1.54) is 6.26 Å². The number of hydrogen-bond acceptors (Lipinski definition) is 8. The third kappa shape index (κ3) is 5.44. The predicted molar refractivity (Wildman–Crippen MR) is 130 cm³/mol. The molecule has 1 aliphatic rings. The number of benzene rings is 1. The number of nitrogens with zero attached hydrogens (tertiary/aromatic N) is 3. The van der Waals surface area contributed by atoms with E-state index in [1.54, 1.807) is 34.7 Å². The second-order valence-corrected chi connectivity index (χ2v) is 11.5. The molecule has 1 fully saturated rings. The Labute approximate surface area is 197 Å². The Balaban J connectivity index is 1.42. The summed E-state index contributed by atoms with van der Waals surface area (Å²) in [5, 5.41) is 5.50. The third-order valence-corrected chi connectivity index (χ3v) is 7.82. The van der Waals surface area contributed by atoms with Gasteiger partial charge in [0.15, 0.2) is 9.84 Å². The van der Waals surface area contributed by atoms with Gasteiger partial charge in [-0.2, -0.15) is 0 Å². The van der Waals surface area contributed by atoms with E-state index in [0.717, 1.165) is 46.5 Å². The van der Waals surface area contributed by atoms with Gasteiger partial charge >= 0.3 is 6.09 Å². The van der Waals surface area contributed by atoms with Crippen molar-refractivity contribution in [3.63, 3.8) is 0 Å². The molecule has 2 aromatic heterocycles. The first-order chi connectivity index (χ1) is 15.7. The van der Waals surface area contributed by atoms with Crippen LogP contribution in [0.15, 0.2) is 40.9 Å². The Morgan fingerprint density at radius 3 is 2.55 bits per heavy atom. The number of ether oxygens (including phenoxy) is 1. The van der Waals surface area contributed by atoms with Gasteiger partial charge in [-0.1, -0.05) is 12.1 Å². The van der Waals surface area contributed by atoms with Gasteiger partial charge in [-0.3, -0.25) is 0 Å². The minimum atomic E-state index is -3.23. The van der Waals surface area contributed by atoms with Crippen molar-refractivity contribution in [3.8, 4) is 11.1 Å². The molecule has 176 valence electrons. The van der Waals surface area contributed by atoms with Gasteiger partial charge in [0.25, 0.3) is 0 Å². The van der Waals surface area contributed by atoms with Gasteiger partial charge in [0.2, 0.25) is 0 Å². The van der Waals surface area contributed by atoms with Crippen LogP contribution in [0.1, 0.15) is 26.7 Å². The molecule has 0 bridgehead atoms. The quantitative estimate of drug-likeness (QED) is 0.548. The zero-order valence-corrected chi connectivity index (χ0v) is 20.6. The van der Waals surface area contributed by atoms with Gasteiger partial charge in [-0.25, -0.2) is 23.2 Å². The molecular weight excluding hydrogens is 460 g/mol. The van der Waals surface area contributed by atoms with Crippen LogP contribution in [-0.2, 0) is 14.6 Å². The number of rotatable bonds is 6. The molecule has 4 rings (SSSR count). The van der Waals surface area contributed by atoms with Gasteiger partial charge in [-0.05, 0) is 50.3 Å². The van der Waals surface area contributed by atoms with Gasteiger partial charge in [0, 0.05) is 36.8 Å². The van der Waals surface area contributed by atoms with Crippen LogP contribution in [0.2, 0.25) is 0 Å². The standard InChI is InChI=1S/C23H28N4O4S2/c1-15(2)31-23(28)27-10-8-16(9-11-27)12-24-22-21-20(25-14-26-22)19(13-32-21)17-4-6-18(7-5-17)33(3,29)30/h4-7,13-16H,8-12H2,1-3H3,(H,24,25,26). The monoisotopic (exact) mass is 488 g/mol. The lowest BCUT2D eigenvalue weighted by Crippen LogP contribution is -2.41. The third-order valence-electron chi connectivity index (χ3n) is 5.71. The number of piperidine rings is 1. The summed E-state index contributed by atoms with van der Waals surface area (Å²) in [5.41, 5.74) is 2.72. The highest BCUT2D eigenvalue weighted by atomic mass is 32.2. The molecule has 1 aromatic carbocycles. The van der Waals surface area contributed by atoms with Crippen molar-refractivity contribution < 1.29 is 17.9 Å². The number of amides is 1. The van der Waals surface area contributed by atoms with Crippen molar-refractivity contribution in [2.45, 2.75) is 37.7 Å². The van der Waals surface area contributed by atoms with E-state index in [4.69, 9.17) is 4.74 Å². The summed E-state index contributed by atoms with van der Waals surface area (Å²) in [6.07, 6.45) is 4.24. The highest BCUT2D eigenvalue weighted by Gasteiger charge is 2.24. The summed E-state index contributed by atoms with van der Waals surface area (Å²) in [5.74, 6) is 1.24. The van der Waals surface area contributed by atoms with Crippen LogP contribution >= 0.6 is 11.3 Å². The van der Waals surface area contributed by atoms with E-state index in [-0.39, 0.29) is 12.2 Å². The van der Waals surface area contributed by atoms with E-state index in [0.29, 0.717) is 23.9 Å². The SMILES string of the molecule is CC(C)OC(=O)N1CCC(CNc2ncnc3c(-c4ccc(S(C)(=O)=O)cc4)csc23)CC1. The molecule has 1 saturated heterocycles. The highest BCUT2D eigenvalue weighted by Crippen LogP contribution is 2.36. The summed E-state index contributed by atoms with van der Waals surface area (Å²) in [6.45, 7) is 5.89. The molecule has 10 heteroatoms. The first-order valence-electron chi connectivity index (χ1n) is 10.9. The maximum Gasteiger partial charge on any atom is 0.410 e. The van der Waals surface area contributed by atoms with E-state index in [1.807, 2.05) is 31.4 Å². The number of fused-ring (bicyclic) bond motifs is 1.